The van der Waals surface area contributed by atoms with Crippen molar-refractivity contribution in [2.45, 2.75) is 32.2 Å². The second-order valence-corrected chi connectivity index (χ2v) is 4.84. The van der Waals surface area contributed by atoms with Crippen LogP contribution in [0.2, 0.25) is 0 Å². The third-order valence-electron chi connectivity index (χ3n) is 3.26. The SMILES string of the molecule is CCOC(=O)c1nnn(Cc2cccnc2)c1C1CC1. The van der Waals surface area contributed by atoms with Crippen molar-refractivity contribution >= 4 is 5.97 Å². The highest BCUT2D eigenvalue weighted by Crippen LogP contribution is 2.41. The number of esters is 1. The Labute approximate surface area is 116 Å². The Bertz CT molecular complexity index is 605. The standard InChI is InChI=1S/C14H16N4O2/c1-2-20-14(19)12-13(11-5-6-11)18(17-16-12)9-10-4-3-7-15-8-10/h3-4,7-8,11H,2,5-6,9H2,1H3. The highest BCUT2D eigenvalue weighted by Gasteiger charge is 2.34. The van der Waals surface area contributed by atoms with Crippen molar-refractivity contribution in [3.05, 3.63) is 41.5 Å². The fourth-order valence-corrected chi connectivity index (χ4v) is 2.21. The van der Waals surface area contributed by atoms with Crippen LogP contribution in [0.15, 0.2) is 24.5 Å². The first-order valence-corrected chi connectivity index (χ1v) is 6.79. The smallest absolute Gasteiger partial charge is 0.360 e. The Hall–Kier alpha value is -2.24. The summed E-state index contributed by atoms with van der Waals surface area (Å²) in [6, 6.07) is 3.87. The predicted octanol–water partition coefficient (Wildman–Crippen LogP) is 1.78. The summed E-state index contributed by atoms with van der Waals surface area (Å²) in [6.07, 6.45) is 5.68. The minimum absolute atomic E-state index is 0.346. The second-order valence-electron chi connectivity index (χ2n) is 4.84. The van der Waals surface area contributed by atoms with Gasteiger partial charge < -0.3 is 4.74 Å². The third-order valence-corrected chi connectivity index (χ3v) is 3.26. The molecule has 3 rings (SSSR count). The summed E-state index contributed by atoms with van der Waals surface area (Å²) >= 11 is 0. The lowest BCUT2D eigenvalue weighted by molar-refractivity contribution is 0.0518. The van der Waals surface area contributed by atoms with Crippen molar-refractivity contribution in [2.75, 3.05) is 6.61 Å². The Morgan fingerprint density at radius 1 is 1.50 bits per heavy atom. The molecule has 0 aromatic carbocycles. The first-order valence-electron chi connectivity index (χ1n) is 6.79. The average molecular weight is 272 g/mol. The molecular weight excluding hydrogens is 256 g/mol. The number of pyridine rings is 1. The van der Waals surface area contributed by atoms with E-state index in [1.54, 1.807) is 24.0 Å². The van der Waals surface area contributed by atoms with Crippen LogP contribution in [0.25, 0.3) is 0 Å². The molecule has 0 atom stereocenters. The zero-order valence-corrected chi connectivity index (χ0v) is 11.3. The minimum atomic E-state index is -0.383. The Balaban J connectivity index is 1.89. The summed E-state index contributed by atoms with van der Waals surface area (Å²) in [5.41, 5.74) is 2.29. The molecule has 1 saturated carbocycles. The molecule has 0 aliphatic heterocycles. The van der Waals surface area contributed by atoms with Gasteiger partial charge in [-0.3, -0.25) is 4.98 Å². The van der Waals surface area contributed by atoms with E-state index in [0.717, 1.165) is 24.1 Å². The second kappa shape index (κ2) is 5.40. The summed E-state index contributed by atoms with van der Waals surface area (Å²) in [7, 11) is 0. The summed E-state index contributed by atoms with van der Waals surface area (Å²) in [4.78, 5) is 16.0. The van der Waals surface area contributed by atoms with Crippen LogP contribution in [0.4, 0.5) is 0 Å². The largest absolute Gasteiger partial charge is 0.461 e. The molecule has 104 valence electrons. The molecule has 2 aromatic rings. The third kappa shape index (κ3) is 2.54. The van der Waals surface area contributed by atoms with Gasteiger partial charge in [0.2, 0.25) is 0 Å². The van der Waals surface area contributed by atoms with Crippen molar-refractivity contribution in [3.8, 4) is 0 Å². The summed E-state index contributed by atoms with van der Waals surface area (Å²) in [5, 5.41) is 8.12. The lowest BCUT2D eigenvalue weighted by Crippen LogP contribution is -2.11. The van der Waals surface area contributed by atoms with Crippen LogP contribution in [0.1, 0.15) is 47.4 Å². The van der Waals surface area contributed by atoms with Gasteiger partial charge in [0.15, 0.2) is 5.69 Å². The molecule has 0 unspecified atom stereocenters. The van der Waals surface area contributed by atoms with E-state index in [0.29, 0.717) is 24.8 Å². The molecule has 6 heteroatoms. The molecule has 1 aliphatic carbocycles. The maximum atomic E-state index is 11.9. The number of hydrogen-bond donors (Lipinski definition) is 0. The maximum Gasteiger partial charge on any atom is 0.360 e. The number of nitrogens with zero attached hydrogens (tertiary/aromatic N) is 4. The molecule has 1 fully saturated rings. The number of carbonyl (C=O) groups is 1. The van der Waals surface area contributed by atoms with Gasteiger partial charge in [-0.2, -0.15) is 0 Å². The summed E-state index contributed by atoms with van der Waals surface area (Å²) < 4.78 is 6.84. The molecule has 2 heterocycles. The van der Waals surface area contributed by atoms with Crippen LogP contribution in [0.5, 0.6) is 0 Å². The molecule has 0 bridgehead atoms. The molecule has 20 heavy (non-hydrogen) atoms. The van der Waals surface area contributed by atoms with E-state index >= 15 is 0 Å². The van der Waals surface area contributed by atoms with Gasteiger partial charge in [0, 0.05) is 18.3 Å². The molecule has 0 spiro atoms. The fourth-order valence-electron chi connectivity index (χ4n) is 2.21. The van der Waals surface area contributed by atoms with Crippen LogP contribution < -0.4 is 0 Å². The molecule has 0 N–H and O–H groups in total. The van der Waals surface area contributed by atoms with Gasteiger partial charge in [-0.05, 0) is 31.4 Å². The number of carbonyl (C=O) groups excluding carboxylic acids is 1. The van der Waals surface area contributed by atoms with Gasteiger partial charge in [0.25, 0.3) is 0 Å². The highest BCUT2D eigenvalue weighted by molar-refractivity contribution is 5.88. The summed E-state index contributed by atoms with van der Waals surface area (Å²) in [5.74, 6) is -0.00656. The monoisotopic (exact) mass is 272 g/mol. The molecule has 2 aromatic heterocycles. The van der Waals surface area contributed by atoms with Crippen molar-refractivity contribution in [3.63, 3.8) is 0 Å². The quantitative estimate of drug-likeness (QED) is 0.776. The first-order chi connectivity index (χ1) is 9.79. The van der Waals surface area contributed by atoms with Gasteiger partial charge in [0.1, 0.15) is 0 Å². The predicted molar refractivity (Wildman–Crippen MR) is 71.3 cm³/mol. The van der Waals surface area contributed by atoms with E-state index in [4.69, 9.17) is 4.74 Å². The van der Waals surface area contributed by atoms with Crippen LogP contribution in [0.3, 0.4) is 0 Å². The van der Waals surface area contributed by atoms with Crippen molar-refractivity contribution in [1.82, 2.24) is 20.0 Å². The average Bonchev–Trinajstić information content (AvgIpc) is 3.21. The minimum Gasteiger partial charge on any atom is -0.461 e. The number of ether oxygens (including phenoxy) is 1. The van der Waals surface area contributed by atoms with E-state index in [-0.39, 0.29) is 5.97 Å². The van der Waals surface area contributed by atoms with E-state index < -0.39 is 0 Å². The van der Waals surface area contributed by atoms with Crippen molar-refractivity contribution in [1.29, 1.82) is 0 Å². The number of rotatable bonds is 5. The number of hydrogen-bond acceptors (Lipinski definition) is 5. The van der Waals surface area contributed by atoms with Crippen molar-refractivity contribution in [2.24, 2.45) is 0 Å². The molecule has 0 radical (unpaired) electrons. The van der Waals surface area contributed by atoms with E-state index in [1.807, 2.05) is 12.1 Å². The zero-order chi connectivity index (χ0) is 13.9. The van der Waals surface area contributed by atoms with Gasteiger partial charge >= 0.3 is 5.97 Å². The zero-order valence-electron chi connectivity index (χ0n) is 11.3. The van der Waals surface area contributed by atoms with Crippen LogP contribution >= 0.6 is 0 Å². The Morgan fingerprint density at radius 2 is 2.35 bits per heavy atom. The fraction of sp³-hybridized carbons (Fsp3) is 0.429. The Kier molecular flexibility index (Phi) is 3.45. The van der Waals surface area contributed by atoms with Gasteiger partial charge in [-0.15, -0.1) is 5.10 Å². The highest BCUT2D eigenvalue weighted by atomic mass is 16.5. The van der Waals surface area contributed by atoms with Gasteiger partial charge in [-0.25, -0.2) is 9.48 Å². The first kappa shape index (κ1) is 12.8. The molecular formula is C14H16N4O2. The Morgan fingerprint density at radius 3 is 3.00 bits per heavy atom. The normalized spacial score (nSPS) is 14.2. The van der Waals surface area contributed by atoms with Gasteiger partial charge in [-0.1, -0.05) is 11.3 Å². The van der Waals surface area contributed by atoms with Crippen molar-refractivity contribution < 1.29 is 9.53 Å². The molecule has 1 aliphatic rings. The molecule has 0 saturated heterocycles. The van der Waals surface area contributed by atoms with E-state index in [9.17, 15) is 4.79 Å². The van der Waals surface area contributed by atoms with E-state index in [2.05, 4.69) is 15.3 Å². The molecule has 6 nitrogen and oxygen atoms in total. The van der Waals surface area contributed by atoms with Crippen LogP contribution in [-0.4, -0.2) is 32.6 Å². The molecule has 0 amide bonds. The van der Waals surface area contributed by atoms with E-state index in [1.165, 1.54) is 0 Å². The number of aromatic nitrogens is 4. The van der Waals surface area contributed by atoms with Crippen LogP contribution in [0, 0.1) is 0 Å². The maximum absolute atomic E-state index is 11.9. The van der Waals surface area contributed by atoms with Gasteiger partial charge in [0.05, 0.1) is 18.8 Å². The van der Waals surface area contributed by atoms with Crippen LogP contribution in [-0.2, 0) is 11.3 Å². The lowest BCUT2D eigenvalue weighted by Gasteiger charge is -2.06. The topological polar surface area (TPSA) is 69.9 Å². The lowest BCUT2D eigenvalue weighted by atomic mass is 10.2. The summed E-state index contributed by atoms with van der Waals surface area (Å²) in [6.45, 7) is 2.71.